The third kappa shape index (κ3) is 2.41. The zero-order chi connectivity index (χ0) is 14.1. The molecule has 1 amide bonds. The Hall–Kier alpha value is -1.88. The van der Waals surface area contributed by atoms with Crippen LogP contribution in [0.25, 0.3) is 0 Å². The average molecular weight is 288 g/mol. The van der Waals surface area contributed by atoms with Crippen LogP contribution in [0.1, 0.15) is 45.4 Å². The van der Waals surface area contributed by atoms with Gasteiger partial charge in [-0.05, 0) is 54.8 Å². The van der Waals surface area contributed by atoms with Crippen LogP contribution in [0.3, 0.4) is 0 Å². The SMILES string of the molecule is Cc1ccsc1C(=O)NC1CCCc2[nH]c(=O)ccc21. The van der Waals surface area contributed by atoms with Crippen LogP contribution in [-0.4, -0.2) is 10.9 Å². The van der Waals surface area contributed by atoms with Gasteiger partial charge in [0, 0.05) is 11.8 Å². The number of pyridine rings is 1. The first-order valence-electron chi connectivity index (χ1n) is 6.72. The van der Waals surface area contributed by atoms with E-state index < -0.39 is 0 Å². The van der Waals surface area contributed by atoms with Crippen LogP contribution >= 0.6 is 11.3 Å². The molecule has 104 valence electrons. The topological polar surface area (TPSA) is 62.0 Å². The summed E-state index contributed by atoms with van der Waals surface area (Å²) in [5.41, 5.74) is 2.92. The molecule has 0 fully saturated rings. The van der Waals surface area contributed by atoms with Crippen molar-refractivity contribution < 1.29 is 4.79 Å². The molecular weight excluding hydrogens is 272 g/mol. The molecule has 0 spiro atoms. The van der Waals surface area contributed by atoms with Crippen molar-refractivity contribution >= 4 is 17.2 Å². The first kappa shape index (κ1) is 13.1. The van der Waals surface area contributed by atoms with E-state index in [1.54, 1.807) is 0 Å². The van der Waals surface area contributed by atoms with Crippen molar-refractivity contribution in [1.82, 2.24) is 10.3 Å². The minimum Gasteiger partial charge on any atom is -0.344 e. The summed E-state index contributed by atoms with van der Waals surface area (Å²) < 4.78 is 0. The van der Waals surface area contributed by atoms with Crippen LogP contribution in [0, 0.1) is 6.92 Å². The lowest BCUT2D eigenvalue weighted by Crippen LogP contribution is -2.32. The minimum absolute atomic E-state index is 0.00963. The van der Waals surface area contributed by atoms with Gasteiger partial charge in [0.15, 0.2) is 0 Å². The molecule has 2 aromatic heterocycles. The van der Waals surface area contributed by atoms with E-state index in [1.165, 1.54) is 17.4 Å². The summed E-state index contributed by atoms with van der Waals surface area (Å²) in [5.74, 6) is -0.0263. The number of hydrogen-bond acceptors (Lipinski definition) is 3. The Bertz CT molecular complexity index is 702. The van der Waals surface area contributed by atoms with Crippen molar-refractivity contribution in [2.24, 2.45) is 0 Å². The van der Waals surface area contributed by atoms with Crippen molar-refractivity contribution in [1.29, 1.82) is 0 Å². The molecule has 0 aromatic carbocycles. The number of aromatic nitrogens is 1. The predicted molar refractivity (Wildman–Crippen MR) is 79.3 cm³/mol. The summed E-state index contributed by atoms with van der Waals surface area (Å²) in [4.78, 5) is 27.3. The van der Waals surface area contributed by atoms with E-state index >= 15 is 0 Å². The monoisotopic (exact) mass is 288 g/mol. The van der Waals surface area contributed by atoms with Gasteiger partial charge < -0.3 is 10.3 Å². The number of fused-ring (bicyclic) bond motifs is 1. The number of carbonyl (C=O) groups is 1. The number of H-pyrrole nitrogens is 1. The van der Waals surface area contributed by atoms with Crippen molar-refractivity contribution in [3.8, 4) is 0 Å². The molecule has 1 aliphatic rings. The quantitative estimate of drug-likeness (QED) is 0.892. The molecule has 4 nitrogen and oxygen atoms in total. The van der Waals surface area contributed by atoms with Crippen LogP contribution in [0.15, 0.2) is 28.4 Å². The standard InChI is InChI=1S/C15H16N2O2S/c1-9-7-8-20-14(9)15(19)17-12-4-2-3-11-10(12)5-6-13(18)16-11/h5-8,12H,2-4H2,1H3,(H,16,18)(H,17,19). The zero-order valence-corrected chi connectivity index (χ0v) is 12.0. The van der Waals surface area contributed by atoms with Crippen LogP contribution in [0.2, 0.25) is 0 Å². The van der Waals surface area contributed by atoms with Gasteiger partial charge in [0.25, 0.3) is 5.91 Å². The molecule has 0 aliphatic heterocycles. The Morgan fingerprint density at radius 2 is 2.25 bits per heavy atom. The molecule has 3 rings (SSSR count). The van der Waals surface area contributed by atoms with Crippen molar-refractivity contribution in [2.75, 3.05) is 0 Å². The zero-order valence-electron chi connectivity index (χ0n) is 11.2. The molecule has 2 heterocycles. The second kappa shape index (κ2) is 5.25. The second-order valence-corrected chi connectivity index (χ2v) is 6.02. The van der Waals surface area contributed by atoms with E-state index in [1.807, 2.05) is 24.4 Å². The summed E-state index contributed by atoms with van der Waals surface area (Å²) in [6, 6.07) is 5.30. The highest BCUT2D eigenvalue weighted by Gasteiger charge is 2.23. The van der Waals surface area contributed by atoms with E-state index in [4.69, 9.17) is 0 Å². The predicted octanol–water partition coefficient (Wildman–Crippen LogP) is 2.55. The lowest BCUT2D eigenvalue weighted by Gasteiger charge is -2.25. The van der Waals surface area contributed by atoms with Crippen molar-refractivity contribution in [3.63, 3.8) is 0 Å². The summed E-state index contributed by atoms with van der Waals surface area (Å²) in [6.07, 6.45) is 2.76. The second-order valence-electron chi connectivity index (χ2n) is 5.11. The molecule has 2 aromatic rings. The van der Waals surface area contributed by atoms with Crippen LogP contribution in [-0.2, 0) is 6.42 Å². The van der Waals surface area contributed by atoms with Crippen LogP contribution < -0.4 is 10.9 Å². The molecule has 1 aliphatic carbocycles. The van der Waals surface area contributed by atoms with Gasteiger partial charge in [0.1, 0.15) is 0 Å². The van der Waals surface area contributed by atoms with Gasteiger partial charge in [-0.3, -0.25) is 9.59 Å². The molecule has 0 radical (unpaired) electrons. The number of amides is 1. The maximum atomic E-state index is 12.3. The molecule has 5 heteroatoms. The lowest BCUT2D eigenvalue weighted by atomic mass is 9.91. The number of thiophene rings is 1. The number of carbonyl (C=O) groups excluding carboxylic acids is 1. The molecular formula is C15H16N2O2S. The Balaban J connectivity index is 1.85. The minimum atomic E-state index is -0.0789. The van der Waals surface area contributed by atoms with Gasteiger partial charge in [-0.1, -0.05) is 0 Å². The maximum absolute atomic E-state index is 12.3. The lowest BCUT2D eigenvalue weighted by molar-refractivity contribution is 0.0936. The van der Waals surface area contributed by atoms with E-state index in [-0.39, 0.29) is 17.5 Å². The van der Waals surface area contributed by atoms with E-state index in [2.05, 4.69) is 10.3 Å². The van der Waals surface area contributed by atoms with Crippen LogP contribution in [0.5, 0.6) is 0 Å². The highest BCUT2D eigenvalue weighted by molar-refractivity contribution is 7.12. The molecule has 0 saturated carbocycles. The third-order valence-electron chi connectivity index (χ3n) is 3.71. The van der Waals surface area contributed by atoms with E-state index in [0.29, 0.717) is 0 Å². The van der Waals surface area contributed by atoms with Crippen molar-refractivity contribution in [2.45, 2.75) is 32.2 Å². The summed E-state index contributed by atoms with van der Waals surface area (Å²) in [5, 5.41) is 5.01. The van der Waals surface area contributed by atoms with Gasteiger partial charge >= 0.3 is 0 Å². The number of aromatic amines is 1. The Labute approximate surface area is 120 Å². The first-order valence-corrected chi connectivity index (χ1v) is 7.60. The van der Waals surface area contributed by atoms with Gasteiger partial charge in [-0.15, -0.1) is 11.3 Å². The molecule has 0 bridgehead atoms. The Morgan fingerprint density at radius 3 is 3.00 bits per heavy atom. The van der Waals surface area contributed by atoms with E-state index in [9.17, 15) is 9.59 Å². The van der Waals surface area contributed by atoms with Gasteiger partial charge in [-0.25, -0.2) is 0 Å². The first-order chi connectivity index (χ1) is 9.65. The fourth-order valence-corrected chi connectivity index (χ4v) is 3.51. The van der Waals surface area contributed by atoms with Gasteiger partial charge in [0.2, 0.25) is 5.56 Å². The largest absolute Gasteiger partial charge is 0.344 e. The highest BCUT2D eigenvalue weighted by atomic mass is 32.1. The molecule has 1 unspecified atom stereocenters. The molecule has 2 N–H and O–H groups in total. The molecule has 1 atom stereocenters. The maximum Gasteiger partial charge on any atom is 0.262 e. The molecule has 0 saturated heterocycles. The Kier molecular flexibility index (Phi) is 3.44. The Morgan fingerprint density at radius 1 is 1.40 bits per heavy atom. The third-order valence-corrected chi connectivity index (χ3v) is 4.72. The number of aryl methyl sites for hydroxylation is 2. The fraction of sp³-hybridized carbons (Fsp3) is 0.333. The molecule has 20 heavy (non-hydrogen) atoms. The highest BCUT2D eigenvalue weighted by Crippen LogP contribution is 2.28. The summed E-state index contributed by atoms with van der Waals surface area (Å²) in [6.45, 7) is 1.94. The smallest absolute Gasteiger partial charge is 0.262 e. The van der Waals surface area contributed by atoms with Crippen molar-refractivity contribution in [3.05, 3.63) is 55.6 Å². The summed E-state index contributed by atoms with van der Waals surface area (Å²) in [7, 11) is 0. The number of hydrogen-bond donors (Lipinski definition) is 2. The summed E-state index contributed by atoms with van der Waals surface area (Å²) >= 11 is 1.46. The number of nitrogens with one attached hydrogen (secondary N) is 2. The normalized spacial score (nSPS) is 17.6. The van der Waals surface area contributed by atoms with Gasteiger partial charge in [0.05, 0.1) is 10.9 Å². The van der Waals surface area contributed by atoms with Gasteiger partial charge in [-0.2, -0.15) is 0 Å². The fourth-order valence-electron chi connectivity index (χ4n) is 2.68. The average Bonchev–Trinajstić information content (AvgIpc) is 2.85. The van der Waals surface area contributed by atoms with Crippen LogP contribution in [0.4, 0.5) is 0 Å². The van der Waals surface area contributed by atoms with E-state index in [0.717, 1.165) is 41.0 Å². The number of rotatable bonds is 2.